The number of nitrogens with zero attached hydrogens (tertiary/aromatic N) is 1. The van der Waals surface area contributed by atoms with Crippen LogP contribution in [0.15, 0.2) is 53.3 Å². The Kier molecular flexibility index (Phi) is 3.80. The molecule has 0 saturated carbocycles. The van der Waals surface area contributed by atoms with Crippen LogP contribution in [0.2, 0.25) is 5.02 Å². The Morgan fingerprint density at radius 2 is 1.87 bits per heavy atom. The molecule has 0 aromatic heterocycles. The van der Waals surface area contributed by atoms with Crippen molar-refractivity contribution >= 4 is 17.6 Å². The maximum Gasteiger partial charge on any atom is 0.342 e. The third-order valence-electron chi connectivity index (χ3n) is 3.46. The molecule has 1 aliphatic heterocycles. The van der Waals surface area contributed by atoms with Crippen molar-refractivity contribution in [1.82, 2.24) is 4.73 Å². The molecular weight excluding hydrogens is 318 g/mol. The Labute approximate surface area is 136 Å². The summed E-state index contributed by atoms with van der Waals surface area (Å²) in [5, 5.41) is 9.68. The van der Waals surface area contributed by atoms with Crippen LogP contribution in [0.1, 0.15) is 15.9 Å². The molecule has 6 heteroatoms. The van der Waals surface area contributed by atoms with Crippen LogP contribution in [0.25, 0.3) is 11.3 Å². The molecule has 0 unspecified atom stereocenters. The quantitative estimate of drug-likeness (QED) is 0.799. The minimum Gasteiger partial charge on any atom is -0.477 e. The number of hydrogen-bond acceptors (Lipinski definition) is 3. The predicted octanol–water partition coefficient (Wildman–Crippen LogP) is 3.46. The SMILES string of the molecule is Cc1cccc(Cl)c1On1c2cccccc-2c(C(=O)O)c1=O. The van der Waals surface area contributed by atoms with Crippen molar-refractivity contribution in [2.24, 2.45) is 0 Å². The van der Waals surface area contributed by atoms with Gasteiger partial charge in [0.15, 0.2) is 5.75 Å². The molecule has 0 saturated heterocycles. The number of para-hydroxylation sites is 1. The van der Waals surface area contributed by atoms with Crippen molar-refractivity contribution < 1.29 is 14.7 Å². The standard InChI is InChI=1S/C17H12ClNO4/c1-10-6-5-8-12(18)15(10)23-19-13-9-4-2-3-7-11(13)14(16(19)20)17(21)22/h2-9H,1H3,(H,21,22). The van der Waals surface area contributed by atoms with E-state index in [2.05, 4.69) is 0 Å². The average Bonchev–Trinajstić information content (AvgIpc) is 2.65. The molecule has 0 spiro atoms. The van der Waals surface area contributed by atoms with Gasteiger partial charge in [-0.2, -0.15) is 0 Å². The van der Waals surface area contributed by atoms with Crippen molar-refractivity contribution in [1.29, 1.82) is 0 Å². The number of benzene rings is 1. The van der Waals surface area contributed by atoms with E-state index in [-0.39, 0.29) is 5.56 Å². The van der Waals surface area contributed by atoms with Crippen molar-refractivity contribution in [3.8, 4) is 17.0 Å². The maximum atomic E-state index is 12.5. The zero-order valence-electron chi connectivity index (χ0n) is 12.1. The number of aromatic carboxylic acids is 1. The van der Waals surface area contributed by atoms with Gasteiger partial charge in [-0.05, 0) is 24.6 Å². The molecule has 1 N–H and O–H groups in total. The summed E-state index contributed by atoms with van der Waals surface area (Å²) in [6.45, 7) is 1.79. The first kappa shape index (κ1) is 15.1. The van der Waals surface area contributed by atoms with E-state index in [1.807, 2.05) is 0 Å². The third-order valence-corrected chi connectivity index (χ3v) is 3.76. The lowest BCUT2D eigenvalue weighted by atomic mass is 10.1. The Balaban J connectivity index is 2.26. The Morgan fingerprint density at radius 3 is 2.57 bits per heavy atom. The molecule has 0 bridgehead atoms. The van der Waals surface area contributed by atoms with Crippen LogP contribution in [-0.2, 0) is 0 Å². The van der Waals surface area contributed by atoms with Gasteiger partial charge in [0.1, 0.15) is 5.56 Å². The fourth-order valence-corrected chi connectivity index (χ4v) is 2.63. The molecule has 0 amide bonds. The molecule has 2 aliphatic rings. The molecule has 3 rings (SSSR count). The largest absolute Gasteiger partial charge is 0.477 e. The molecule has 0 radical (unpaired) electrons. The van der Waals surface area contributed by atoms with Crippen molar-refractivity contribution in [3.05, 3.63) is 75.0 Å². The van der Waals surface area contributed by atoms with Gasteiger partial charge >= 0.3 is 5.97 Å². The minimum atomic E-state index is -1.30. The first-order valence-electron chi connectivity index (χ1n) is 6.81. The van der Waals surface area contributed by atoms with Gasteiger partial charge in [-0.1, -0.05) is 48.0 Å². The molecule has 1 aromatic rings. The van der Waals surface area contributed by atoms with Crippen LogP contribution in [0.3, 0.4) is 0 Å². The lowest BCUT2D eigenvalue weighted by molar-refractivity contribution is 0.0694. The van der Waals surface area contributed by atoms with Crippen molar-refractivity contribution in [2.75, 3.05) is 0 Å². The van der Waals surface area contributed by atoms with Crippen LogP contribution < -0.4 is 10.4 Å². The third kappa shape index (κ3) is 2.55. The van der Waals surface area contributed by atoms with Gasteiger partial charge in [0.2, 0.25) is 0 Å². The van der Waals surface area contributed by atoms with E-state index in [0.29, 0.717) is 22.0 Å². The summed E-state index contributed by atoms with van der Waals surface area (Å²) in [4.78, 5) is 29.6. The fraction of sp³-hybridized carbons (Fsp3) is 0.0588. The zero-order valence-corrected chi connectivity index (χ0v) is 12.9. The van der Waals surface area contributed by atoms with E-state index in [4.69, 9.17) is 16.4 Å². The molecule has 1 aliphatic carbocycles. The smallest absolute Gasteiger partial charge is 0.342 e. The Bertz CT molecular complexity index is 912. The molecular formula is C17H12ClNO4. The van der Waals surface area contributed by atoms with Crippen molar-refractivity contribution in [2.45, 2.75) is 6.92 Å². The molecule has 5 nitrogen and oxygen atoms in total. The summed E-state index contributed by atoms with van der Waals surface area (Å²) in [6, 6.07) is 13.5. The second-order valence-corrected chi connectivity index (χ2v) is 5.37. The molecule has 1 aromatic carbocycles. The highest BCUT2D eigenvalue weighted by molar-refractivity contribution is 6.32. The summed E-state index contributed by atoms with van der Waals surface area (Å²) in [5.74, 6) is -0.990. The number of halogens is 1. The van der Waals surface area contributed by atoms with E-state index < -0.39 is 11.5 Å². The van der Waals surface area contributed by atoms with Crippen LogP contribution in [0, 0.1) is 6.92 Å². The van der Waals surface area contributed by atoms with E-state index >= 15 is 0 Å². The number of aromatic nitrogens is 1. The predicted molar refractivity (Wildman–Crippen MR) is 86.5 cm³/mol. The first-order valence-corrected chi connectivity index (χ1v) is 7.19. The summed E-state index contributed by atoms with van der Waals surface area (Å²) in [5.41, 5.74) is 0.323. The monoisotopic (exact) mass is 329 g/mol. The van der Waals surface area contributed by atoms with Gasteiger partial charge < -0.3 is 9.94 Å². The number of carbonyl (C=O) groups is 1. The second-order valence-electron chi connectivity index (χ2n) is 4.97. The highest BCUT2D eigenvalue weighted by Crippen LogP contribution is 2.30. The van der Waals surface area contributed by atoms with E-state index in [1.165, 1.54) is 0 Å². The first-order chi connectivity index (χ1) is 11.0. The van der Waals surface area contributed by atoms with Crippen LogP contribution in [0.4, 0.5) is 0 Å². The lowest BCUT2D eigenvalue weighted by Gasteiger charge is -2.11. The number of hydrogen-bond donors (Lipinski definition) is 1. The molecule has 1 heterocycles. The molecule has 0 fully saturated rings. The van der Waals surface area contributed by atoms with Crippen LogP contribution >= 0.6 is 11.6 Å². The summed E-state index contributed by atoms with van der Waals surface area (Å²) >= 11 is 6.12. The summed E-state index contributed by atoms with van der Waals surface area (Å²) in [6.07, 6.45) is 0. The lowest BCUT2D eigenvalue weighted by Crippen LogP contribution is -2.24. The highest BCUT2D eigenvalue weighted by Gasteiger charge is 2.26. The minimum absolute atomic E-state index is 0.303. The summed E-state index contributed by atoms with van der Waals surface area (Å²) in [7, 11) is 0. The van der Waals surface area contributed by atoms with E-state index in [9.17, 15) is 14.7 Å². The van der Waals surface area contributed by atoms with Crippen molar-refractivity contribution in [3.63, 3.8) is 0 Å². The average molecular weight is 330 g/mol. The zero-order chi connectivity index (χ0) is 16.6. The maximum absolute atomic E-state index is 12.5. The van der Waals surface area contributed by atoms with Crippen LogP contribution in [-0.4, -0.2) is 15.8 Å². The highest BCUT2D eigenvalue weighted by atomic mass is 35.5. The van der Waals surface area contributed by atoms with E-state index in [1.54, 1.807) is 55.5 Å². The van der Waals surface area contributed by atoms with Gasteiger partial charge in [-0.15, -0.1) is 4.73 Å². The van der Waals surface area contributed by atoms with Gasteiger partial charge in [-0.3, -0.25) is 4.79 Å². The molecule has 116 valence electrons. The molecule has 23 heavy (non-hydrogen) atoms. The fourth-order valence-electron chi connectivity index (χ4n) is 2.37. The second kappa shape index (κ2) is 5.78. The van der Waals surface area contributed by atoms with Gasteiger partial charge in [0, 0.05) is 5.56 Å². The number of carboxylic acid groups (broad SMARTS) is 1. The number of aryl methyl sites for hydroxylation is 1. The topological polar surface area (TPSA) is 68.5 Å². The van der Waals surface area contributed by atoms with Gasteiger partial charge in [0.25, 0.3) is 5.56 Å². The number of carboxylic acids is 1. The Morgan fingerprint density at radius 1 is 1.13 bits per heavy atom. The van der Waals surface area contributed by atoms with Gasteiger partial charge in [-0.25, -0.2) is 4.79 Å². The number of rotatable bonds is 3. The molecule has 0 atom stereocenters. The van der Waals surface area contributed by atoms with E-state index in [0.717, 1.165) is 10.3 Å². The normalized spacial score (nSPS) is 10.7. The van der Waals surface area contributed by atoms with Gasteiger partial charge in [0.05, 0.1) is 10.7 Å². The summed E-state index contributed by atoms with van der Waals surface area (Å²) < 4.78 is 0.965. The van der Waals surface area contributed by atoms with Crippen LogP contribution in [0.5, 0.6) is 5.75 Å². The Hall–Kier alpha value is -2.79. The number of fused-ring (bicyclic) bond motifs is 1.